The second-order valence-corrected chi connectivity index (χ2v) is 4.73. The van der Waals surface area contributed by atoms with Gasteiger partial charge in [-0.15, -0.1) is 5.10 Å². The highest BCUT2D eigenvalue weighted by Crippen LogP contribution is 2.12. The molecule has 0 amide bonds. The van der Waals surface area contributed by atoms with E-state index in [9.17, 15) is 4.39 Å². The highest BCUT2D eigenvalue weighted by molar-refractivity contribution is 5.83. The van der Waals surface area contributed by atoms with Gasteiger partial charge in [0, 0.05) is 12.2 Å². The van der Waals surface area contributed by atoms with Crippen LogP contribution < -0.4 is 11.5 Å². The molecule has 0 aliphatic rings. The third-order valence-corrected chi connectivity index (χ3v) is 2.87. The van der Waals surface area contributed by atoms with Crippen LogP contribution in [0.2, 0.25) is 0 Å². The van der Waals surface area contributed by atoms with Crippen LogP contribution in [0.1, 0.15) is 43.7 Å². The second kappa shape index (κ2) is 9.88. The molecule has 1 aromatic carbocycles. The predicted octanol–water partition coefficient (Wildman–Crippen LogP) is 2.53. The summed E-state index contributed by atoms with van der Waals surface area (Å²) in [6, 6.07) is 4.42. The van der Waals surface area contributed by atoms with Gasteiger partial charge in [0.1, 0.15) is 5.82 Å². The SMILES string of the molecule is CCCCCCOCc1cc(F)ccc1C=NN=C(N)N. The van der Waals surface area contributed by atoms with Crippen molar-refractivity contribution < 1.29 is 9.13 Å². The molecular formula is C15H23FN4O. The van der Waals surface area contributed by atoms with E-state index >= 15 is 0 Å². The smallest absolute Gasteiger partial charge is 0.211 e. The predicted molar refractivity (Wildman–Crippen MR) is 83.6 cm³/mol. The topological polar surface area (TPSA) is 86.0 Å². The van der Waals surface area contributed by atoms with E-state index in [-0.39, 0.29) is 11.8 Å². The fourth-order valence-corrected chi connectivity index (χ4v) is 1.80. The Hall–Kier alpha value is -1.95. The van der Waals surface area contributed by atoms with Crippen LogP contribution in [0.5, 0.6) is 0 Å². The summed E-state index contributed by atoms with van der Waals surface area (Å²) in [5.41, 5.74) is 11.8. The Morgan fingerprint density at radius 1 is 1.29 bits per heavy atom. The van der Waals surface area contributed by atoms with Gasteiger partial charge in [-0.05, 0) is 24.1 Å². The van der Waals surface area contributed by atoms with Gasteiger partial charge in [0.15, 0.2) is 0 Å². The first kappa shape index (κ1) is 17.1. The third kappa shape index (κ3) is 7.41. The molecule has 0 radical (unpaired) electrons. The van der Waals surface area contributed by atoms with Crippen LogP contribution in [-0.2, 0) is 11.3 Å². The monoisotopic (exact) mass is 294 g/mol. The molecule has 4 N–H and O–H groups in total. The van der Waals surface area contributed by atoms with Gasteiger partial charge in [-0.1, -0.05) is 32.3 Å². The number of nitrogens with two attached hydrogens (primary N) is 2. The first-order valence-electron chi connectivity index (χ1n) is 7.11. The molecule has 5 nitrogen and oxygen atoms in total. The van der Waals surface area contributed by atoms with Crippen molar-refractivity contribution in [3.8, 4) is 0 Å². The number of hydrogen-bond acceptors (Lipinski definition) is 3. The molecule has 0 aliphatic carbocycles. The van der Waals surface area contributed by atoms with Crippen LogP contribution >= 0.6 is 0 Å². The highest BCUT2D eigenvalue weighted by Gasteiger charge is 2.03. The van der Waals surface area contributed by atoms with Crippen molar-refractivity contribution >= 4 is 12.2 Å². The Kier molecular flexibility index (Phi) is 8.04. The highest BCUT2D eigenvalue weighted by atomic mass is 19.1. The molecule has 0 bridgehead atoms. The summed E-state index contributed by atoms with van der Waals surface area (Å²) in [4.78, 5) is 0. The zero-order valence-corrected chi connectivity index (χ0v) is 12.4. The Morgan fingerprint density at radius 3 is 2.81 bits per heavy atom. The van der Waals surface area contributed by atoms with Crippen molar-refractivity contribution in [2.45, 2.75) is 39.2 Å². The minimum absolute atomic E-state index is 0.123. The zero-order chi connectivity index (χ0) is 15.5. The molecule has 21 heavy (non-hydrogen) atoms. The molecule has 0 spiro atoms. The van der Waals surface area contributed by atoms with Gasteiger partial charge in [-0.2, -0.15) is 5.10 Å². The number of nitrogens with zero attached hydrogens (tertiary/aromatic N) is 2. The van der Waals surface area contributed by atoms with Gasteiger partial charge >= 0.3 is 0 Å². The number of hydrogen-bond donors (Lipinski definition) is 2. The third-order valence-electron chi connectivity index (χ3n) is 2.87. The van der Waals surface area contributed by atoms with E-state index in [1.165, 1.54) is 31.2 Å². The van der Waals surface area contributed by atoms with Gasteiger partial charge in [0.2, 0.25) is 5.96 Å². The van der Waals surface area contributed by atoms with E-state index in [1.54, 1.807) is 6.07 Å². The summed E-state index contributed by atoms with van der Waals surface area (Å²) in [5, 5.41) is 7.26. The standard InChI is InChI=1S/C15H23FN4O/c1-2-3-4-5-8-21-11-13-9-14(16)7-6-12(13)10-19-20-15(17)18/h6-7,9-10H,2-5,8,11H2,1H3,(H4,17,18,20). The van der Waals surface area contributed by atoms with Crippen molar-refractivity contribution in [2.24, 2.45) is 21.7 Å². The van der Waals surface area contributed by atoms with Crippen molar-refractivity contribution in [2.75, 3.05) is 6.61 Å². The van der Waals surface area contributed by atoms with Crippen molar-refractivity contribution in [3.05, 3.63) is 35.1 Å². The largest absolute Gasteiger partial charge is 0.377 e. The van der Waals surface area contributed by atoms with E-state index < -0.39 is 0 Å². The number of halogens is 1. The summed E-state index contributed by atoms with van der Waals surface area (Å²) in [6.45, 7) is 3.17. The van der Waals surface area contributed by atoms with Gasteiger partial charge in [0.05, 0.1) is 12.8 Å². The molecule has 0 unspecified atom stereocenters. The number of ether oxygens (including phenoxy) is 1. The van der Waals surface area contributed by atoms with Crippen molar-refractivity contribution in [1.82, 2.24) is 0 Å². The Balaban J connectivity index is 2.56. The van der Waals surface area contributed by atoms with Crippen LogP contribution in [0.15, 0.2) is 28.4 Å². The molecule has 0 fully saturated rings. The summed E-state index contributed by atoms with van der Waals surface area (Å²) in [5.74, 6) is -0.430. The average Bonchev–Trinajstić information content (AvgIpc) is 2.44. The van der Waals surface area contributed by atoms with Crippen LogP contribution in [0.3, 0.4) is 0 Å². The Bertz CT molecular complexity index is 485. The molecule has 116 valence electrons. The Morgan fingerprint density at radius 2 is 2.10 bits per heavy atom. The van der Waals surface area contributed by atoms with E-state index in [0.29, 0.717) is 13.2 Å². The van der Waals surface area contributed by atoms with Gasteiger partial charge in [-0.3, -0.25) is 0 Å². The lowest BCUT2D eigenvalue weighted by Crippen LogP contribution is -2.21. The molecule has 0 saturated carbocycles. The van der Waals surface area contributed by atoms with Crippen molar-refractivity contribution in [3.63, 3.8) is 0 Å². The first-order chi connectivity index (χ1) is 10.1. The maximum atomic E-state index is 13.3. The first-order valence-corrected chi connectivity index (χ1v) is 7.11. The molecule has 1 aromatic rings. The van der Waals surface area contributed by atoms with Crippen molar-refractivity contribution in [1.29, 1.82) is 0 Å². The van der Waals surface area contributed by atoms with Gasteiger partial charge in [0.25, 0.3) is 0 Å². The fourth-order valence-electron chi connectivity index (χ4n) is 1.80. The molecular weight excluding hydrogens is 271 g/mol. The maximum absolute atomic E-state index is 13.3. The van der Waals surface area contributed by atoms with Gasteiger partial charge < -0.3 is 16.2 Å². The lowest BCUT2D eigenvalue weighted by molar-refractivity contribution is 0.116. The van der Waals surface area contributed by atoms with Crippen LogP contribution in [0, 0.1) is 5.82 Å². The molecule has 0 atom stereocenters. The molecule has 0 aromatic heterocycles. The van der Waals surface area contributed by atoms with E-state index in [2.05, 4.69) is 17.1 Å². The number of benzene rings is 1. The van der Waals surface area contributed by atoms with Crippen LogP contribution in [-0.4, -0.2) is 18.8 Å². The van der Waals surface area contributed by atoms with Gasteiger partial charge in [-0.25, -0.2) is 4.39 Å². The number of unbranched alkanes of at least 4 members (excludes halogenated alkanes) is 3. The summed E-state index contributed by atoms with van der Waals surface area (Å²) in [6.07, 6.45) is 6.04. The zero-order valence-electron chi connectivity index (χ0n) is 12.4. The second-order valence-electron chi connectivity index (χ2n) is 4.73. The Labute approximate surface area is 124 Å². The molecule has 0 aliphatic heterocycles. The minimum Gasteiger partial charge on any atom is -0.377 e. The van der Waals surface area contributed by atoms with E-state index in [1.807, 2.05) is 0 Å². The summed E-state index contributed by atoms with van der Waals surface area (Å²) in [7, 11) is 0. The summed E-state index contributed by atoms with van der Waals surface area (Å²) < 4.78 is 18.9. The van der Waals surface area contributed by atoms with Crippen LogP contribution in [0.4, 0.5) is 4.39 Å². The quantitative estimate of drug-likeness (QED) is 0.317. The normalized spacial score (nSPS) is 11.0. The number of rotatable bonds is 9. The van der Waals surface area contributed by atoms with E-state index in [4.69, 9.17) is 16.2 Å². The lowest BCUT2D eigenvalue weighted by Gasteiger charge is -2.07. The van der Waals surface area contributed by atoms with E-state index in [0.717, 1.165) is 24.0 Å². The molecule has 6 heteroatoms. The number of guanidine groups is 1. The maximum Gasteiger partial charge on any atom is 0.211 e. The van der Waals surface area contributed by atoms with Crippen LogP contribution in [0.25, 0.3) is 0 Å². The molecule has 1 rings (SSSR count). The minimum atomic E-state index is -0.307. The fraction of sp³-hybridized carbons (Fsp3) is 0.467. The summed E-state index contributed by atoms with van der Waals surface area (Å²) >= 11 is 0. The lowest BCUT2D eigenvalue weighted by atomic mass is 10.1. The molecule has 0 heterocycles. The molecule has 0 saturated heterocycles. The average molecular weight is 294 g/mol.